The van der Waals surface area contributed by atoms with Crippen LogP contribution in [-0.2, 0) is 19.1 Å². The Hall–Kier alpha value is -4.47. The highest BCUT2D eigenvalue weighted by atomic mass is 19.4. The average molecular weight is 492 g/mol. The van der Waals surface area contributed by atoms with Gasteiger partial charge in [-0.25, -0.2) is 4.79 Å². The van der Waals surface area contributed by atoms with E-state index in [2.05, 4.69) is 15.1 Å². The van der Waals surface area contributed by atoms with E-state index >= 15 is 0 Å². The third-order valence-corrected chi connectivity index (χ3v) is 5.82. The van der Waals surface area contributed by atoms with Gasteiger partial charge >= 0.3 is 11.9 Å². The molecule has 0 bridgehead atoms. The number of nitrogens with one attached hydrogen (secondary N) is 1. The molecule has 182 valence electrons. The number of H-pyrrole nitrogens is 1. The SMILES string of the molecule is O=c1[nH]c2cc(-c3nc(-c4ccc(C(F)(F)F)cc4)no3)ccc2c(=O)n1CCCc1ccccc1. The molecule has 2 aromatic heterocycles. The van der Waals surface area contributed by atoms with E-state index in [9.17, 15) is 22.8 Å². The van der Waals surface area contributed by atoms with Gasteiger partial charge in [0.1, 0.15) is 0 Å². The molecule has 3 aromatic carbocycles. The van der Waals surface area contributed by atoms with Crippen LogP contribution in [0.1, 0.15) is 17.5 Å². The number of halogens is 3. The molecule has 0 saturated heterocycles. The summed E-state index contributed by atoms with van der Waals surface area (Å²) in [6.45, 7) is 0.279. The largest absolute Gasteiger partial charge is 0.416 e. The van der Waals surface area contributed by atoms with E-state index in [4.69, 9.17) is 4.52 Å². The first-order valence-corrected chi connectivity index (χ1v) is 11.1. The summed E-state index contributed by atoms with van der Waals surface area (Å²) >= 11 is 0. The topological polar surface area (TPSA) is 93.8 Å². The van der Waals surface area contributed by atoms with Crippen LogP contribution in [0.2, 0.25) is 0 Å². The minimum Gasteiger partial charge on any atom is -0.334 e. The van der Waals surface area contributed by atoms with E-state index in [0.29, 0.717) is 28.5 Å². The number of nitrogens with zero attached hydrogens (tertiary/aromatic N) is 3. The maximum Gasteiger partial charge on any atom is 0.416 e. The van der Waals surface area contributed by atoms with Crippen molar-refractivity contribution >= 4 is 10.9 Å². The van der Waals surface area contributed by atoms with Gasteiger partial charge in [-0.15, -0.1) is 0 Å². The molecule has 0 aliphatic rings. The van der Waals surface area contributed by atoms with Crippen LogP contribution in [0.5, 0.6) is 0 Å². The summed E-state index contributed by atoms with van der Waals surface area (Å²) in [6, 6.07) is 18.9. The second-order valence-electron chi connectivity index (χ2n) is 8.23. The lowest BCUT2D eigenvalue weighted by Gasteiger charge is -2.07. The van der Waals surface area contributed by atoms with Gasteiger partial charge in [-0.05, 0) is 48.7 Å². The van der Waals surface area contributed by atoms with E-state index in [1.54, 1.807) is 18.2 Å². The minimum atomic E-state index is -4.44. The molecule has 5 aromatic rings. The van der Waals surface area contributed by atoms with Gasteiger partial charge in [-0.2, -0.15) is 18.2 Å². The van der Waals surface area contributed by atoms with Crippen molar-refractivity contribution in [1.29, 1.82) is 0 Å². The lowest BCUT2D eigenvalue weighted by atomic mass is 10.1. The fourth-order valence-electron chi connectivity index (χ4n) is 3.94. The molecule has 0 saturated carbocycles. The normalized spacial score (nSPS) is 11.8. The Morgan fingerprint density at radius 3 is 2.36 bits per heavy atom. The summed E-state index contributed by atoms with van der Waals surface area (Å²) in [4.78, 5) is 32.5. The van der Waals surface area contributed by atoms with Gasteiger partial charge in [0, 0.05) is 17.7 Å². The summed E-state index contributed by atoms with van der Waals surface area (Å²) in [5.74, 6) is 0.209. The number of hydrogen-bond acceptors (Lipinski definition) is 5. The maximum atomic E-state index is 12.9. The highest BCUT2D eigenvalue weighted by Gasteiger charge is 2.30. The number of alkyl halides is 3. The Labute approximate surface area is 201 Å². The molecule has 2 heterocycles. The number of aromatic amines is 1. The Bertz CT molecular complexity index is 1640. The number of hydrogen-bond donors (Lipinski definition) is 1. The zero-order valence-electron chi connectivity index (χ0n) is 18.7. The van der Waals surface area contributed by atoms with Crippen molar-refractivity contribution in [2.24, 2.45) is 0 Å². The molecule has 0 aliphatic carbocycles. The molecule has 0 spiro atoms. The third-order valence-electron chi connectivity index (χ3n) is 5.82. The van der Waals surface area contributed by atoms with Crippen molar-refractivity contribution in [2.45, 2.75) is 25.6 Å². The van der Waals surface area contributed by atoms with Gasteiger partial charge in [0.05, 0.1) is 16.5 Å². The first kappa shape index (κ1) is 23.3. The molecule has 0 atom stereocenters. The Balaban J connectivity index is 1.38. The van der Waals surface area contributed by atoms with Crippen LogP contribution in [0.4, 0.5) is 13.2 Å². The standard InChI is InChI=1S/C26H19F3N4O3/c27-26(28,29)19-11-8-17(9-12-19)22-31-23(36-32-22)18-10-13-20-21(15-18)30-25(35)33(24(20)34)14-4-7-16-5-2-1-3-6-16/h1-3,5-6,8-13,15H,4,7,14H2,(H,30,35). The molecule has 0 radical (unpaired) electrons. The number of rotatable bonds is 6. The predicted octanol–water partition coefficient (Wildman–Crippen LogP) is 5.06. The maximum absolute atomic E-state index is 12.9. The van der Waals surface area contributed by atoms with Crippen molar-refractivity contribution in [3.63, 3.8) is 0 Å². The quantitative estimate of drug-likeness (QED) is 0.358. The first-order valence-electron chi connectivity index (χ1n) is 11.1. The highest BCUT2D eigenvalue weighted by Crippen LogP contribution is 2.31. The summed E-state index contributed by atoms with van der Waals surface area (Å²) in [5.41, 5.74) is 0.548. The van der Waals surface area contributed by atoms with E-state index in [1.165, 1.54) is 16.7 Å². The van der Waals surface area contributed by atoms with E-state index in [1.807, 2.05) is 30.3 Å². The molecule has 0 aliphatic heterocycles. The molecule has 0 unspecified atom stereocenters. The third kappa shape index (κ3) is 4.70. The van der Waals surface area contributed by atoms with E-state index in [-0.39, 0.29) is 18.3 Å². The lowest BCUT2D eigenvalue weighted by Crippen LogP contribution is -2.35. The van der Waals surface area contributed by atoms with Gasteiger partial charge in [0.2, 0.25) is 5.82 Å². The second-order valence-corrected chi connectivity index (χ2v) is 8.23. The number of benzene rings is 3. The van der Waals surface area contributed by atoms with Crippen molar-refractivity contribution in [2.75, 3.05) is 0 Å². The van der Waals surface area contributed by atoms with Crippen LogP contribution in [0.25, 0.3) is 33.7 Å². The van der Waals surface area contributed by atoms with Crippen molar-refractivity contribution in [3.05, 3.63) is 105 Å². The summed E-state index contributed by atoms with van der Waals surface area (Å²) < 4.78 is 44.8. The predicted molar refractivity (Wildman–Crippen MR) is 127 cm³/mol. The molecular weight excluding hydrogens is 473 g/mol. The average Bonchev–Trinajstić information content (AvgIpc) is 3.36. The number of aromatic nitrogens is 4. The summed E-state index contributed by atoms with van der Waals surface area (Å²) in [6.07, 6.45) is -3.07. The van der Waals surface area contributed by atoms with Crippen molar-refractivity contribution in [3.8, 4) is 22.8 Å². The van der Waals surface area contributed by atoms with Crippen LogP contribution in [0.3, 0.4) is 0 Å². The Kier molecular flexibility index (Phi) is 6.01. The Morgan fingerprint density at radius 1 is 0.917 bits per heavy atom. The zero-order chi connectivity index (χ0) is 25.3. The summed E-state index contributed by atoms with van der Waals surface area (Å²) in [5, 5.41) is 4.17. The number of fused-ring (bicyclic) bond motifs is 1. The van der Waals surface area contributed by atoms with Crippen LogP contribution in [0.15, 0.2) is 86.9 Å². The van der Waals surface area contributed by atoms with Gasteiger partial charge in [-0.1, -0.05) is 47.6 Å². The van der Waals surface area contributed by atoms with Crippen LogP contribution < -0.4 is 11.2 Å². The van der Waals surface area contributed by atoms with Crippen LogP contribution in [-0.4, -0.2) is 19.7 Å². The molecule has 7 nitrogen and oxygen atoms in total. The van der Waals surface area contributed by atoms with Gasteiger partial charge in [-0.3, -0.25) is 9.36 Å². The molecule has 0 amide bonds. The van der Waals surface area contributed by atoms with Gasteiger partial charge in [0.25, 0.3) is 11.4 Å². The van der Waals surface area contributed by atoms with Crippen molar-refractivity contribution in [1.82, 2.24) is 19.7 Å². The van der Waals surface area contributed by atoms with Crippen LogP contribution >= 0.6 is 0 Å². The first-order chi connectivity index (χ1) is 17.3. The monoisotopic (exact) mass is 492 g/mol. The van der Waals surface area contributed by atoms with E-state index in [0.717, 1.165) is 24.1 Å². The Morgan fingerprint density at radius 2 is 1.64 bits per heavy atom. The van der Waals surface area contributed by atoms with E-state index < -0.39 is 23.0 Å². The fourth-order valence-corrected chi connectivity index (χ4v) is 3.94. The second kappa shape index (κ2) is 9.29. The van der Waals surface area contributed by atoms with Crippen molar-refractivity contribution < 1.29 is 17.7 Å². The van der Waals surface area contributed by atoms with Gasteiger partial charge in [0.15, 0.2) is 0 Å². The lowest BCUT2D eigenvalue weighted by molar-refractivity contribution is -0.137. The molecule has 0 fully saturated rings. The molecule has 1 N–H and O–H groups in total. The number of aryl methyl sites for hydroxylation is 1. The summed E-state index contributed by atoms with van der Waals surface area (Å²) in [7, 11) is 0. The zero-order valence-corrected chi connectivity index (χ0v) is 18.7. The molecular formula is C26H19F3N4O3. The molecule has 5 rings (SSSR count). The molecule has 10 heteroatoms. The van der Waals surface area contributed by atoms with Crippen LogP contribution in [0, 0.1) is 0 Å². The van der Waals surface area contributed by atoms with Gasteiger partial charge < -0.3 is 9.51 Å². The smallest absolute Gasteiger partial charge is 0.334 e. The fraction of sp³-hybridized carbons (Fsp3) is 0.154. The molecule has 36 heavy (non-hydrogen) atoms. The minimum absolute atomic E-state index is 0.0969. The highest BCUT2D eigenvalue weighted by molar-refractivity contribution is 5.82.